The minimum atomic E-state index is 0. The van der Waals surface area contributed by atoms with Crippen LogP contribution in [0.1, 0.15) is 64.2 Å². The zero-order valence-corrected chi connectivity index (χ0v) is 35.8. The molecule has 2 N–H and O–H groups in total. The Morgan fingerprint density at radius 3 is 1.26 bits per heavy atom. The van der Waals surface area contributed by atoms with Gasteiger partial charge in [0.25, 0.3) is 0 Å². The molecule has 6 heterocycles. The molecule has 9 heteroatoms. The van der Waals surface area contributed by atoms with E-state index >= 15 is 0 Å². The maximum Gasteiger partial charge on any atom is 2.00 e. The van der Waals surface area contributed by atoms with Crippen LogP contribution in [0.15, 0.2) is 0 Å². The van der Waals surface area contributed by atoms with Gasteiger partial charge in [0.15, 0.2) is 0 Å². The van der Waals surface area contributed by atoms with Crippen molar-refractivity contribution in [3.63, 3.8) is 0 Å². The van der Waals surface area contributed by atoms with Crippen molar-refractivity contribution < 1.29 is 77.4 Å². The minimum absolute atomic E-state index is 0. The molecule has 1 aliphatic carbocycles. The van der Waals surface area contributed by atoms with Crippen LogP contribution in [0.4, 0.5) is 0 Å². The molecule has 42 heavy (non-hydrogen) atoms. The summed E-state index contributed by atoms with van der Waals surface area (Å²) in [7, 11) is 0. The number of rotatable bonds is 5. The van der Waals surface area contributed by atoms with E-state index in [1.807, 2.05) is 11.8 Å². The molecule has 2 spiro atoms. The summed E-state index contributed by atoms with van der Waals surface area (Å²) in [5, 5.41) is 6.60. The standard InChI is InChI=1S/C8H14O.C7H12O.C7H12S.C6H11N.C5H9NO.3W/c1-3-8(4-2)5-6-9-7-8;1-3-7(4-2)5-8-6-7;1-3-7(2)4-5-8-6-7;1-2-6(1)3-4-7-5-6;1-5(2-6-1)3-7-4-5;;;/h1-7H2;2*1-6H2;7H,1-5H2;6H,1-4H2;;;/q3*-2;;;3*+2. The molecule has 1 unspecified atom stereocenters. The van der Waals surface area contributed by atoms with E-state index in [9.17, 15) is 0 Å². The molecule has 0 amide bonds. The number of ether oxygens (including phenoxy) is 3. The molecule has 7 aliphatic rings. The van der Waals surface area contributed by atoms with E-state index in [0.717, 1.165) is 83.6 Å². The Hall–Kier alpha value is 2.21. The van der Waals surface area contributed by atoms with E-state index in [4.69, 9.17) is 14.2 Å². The van der Waals surface area contributed by atoms with Crippen molar-refractivity contribution in [2.24, 2.45) is 27.1 Å². The van der Waals surface area contributed by atoms with Gasteiger partial charge in [-0.3, -0.25) is 0 Å². The Morgan fingerprint density at radius 1 is 0.571 bits per heavy atom. The quantitative estimate of drug-likeness (QED) is 0.339. The van der Waals surface area contributed by atoms with E-state index in [2.05, 4.69) is 52.2 Å². The SMILES string of the molecule is C1CC2(CC2)CN1.C1NCC12COC2.[CH2-]CC1(C[CH2-])CCOC1.[CH2-]CC1(C[CH2-])COC1.[CH2-]CC1([CH2-])CCSC1.[W+2].[W+2].[W+2]. The van der Waals surface area contributed by atoms with Gasteiger partial charge in [-0.05, 0) is 54.6 Å². The average Bonchev–Trinajstić information content (AvgIpc) is 3.25. The molecular formula is C33H58N2O3SW3. The molecule has 6 saturated heterocycles. The molecular weight excluding hydrogens is 1060 g/mol. The van der Waals surface area contributed by atoms with Crippen LogP contribution in [0, 0.1) is 68.6 Å². The summed E-state index contributed by atoms with van der Waals surface area (Å²) in [5.41, 5.74) is 2.48. The summed E-state index contributed by atoms with van der Waals surface area (Å²) in [4.78, 5) is 0. The van der Waals surface area contributed by atoms with Crippen molar-refractivity contribution in [1.82, 2.24) is 10.6 Å². The molecule has 7 fully saturated rings. The molecule has 7 rings (SSSR count). The topological polar surface area (TPSA) is 51.8 Å². The summed E-state index contributed by atoms with van der Waals surface area (Å²) in [5.74, 6) is 2.51. The third-order valence-electron chi connectivity index (χ3n) is 9.94. The average molecular weight is 1110 g/mol. The number of hydrogen-bond acceptors (Lipinski definition) is 6. The molecule has 5 nitrogen and oxygen atoms in total. The van der Waals surface area contributed by atoms with Crippen LogP contribution in [-0.2, 0) is 77.4 Å². The second-order valence-electron chi connectivity index (χ2n) is 13.4. The third-order valence-corrected chi connectivity index (χ3v) is 11.3. The van der Waals surface area contributed by atoms with Gasteiger partial charge in [0.2, 0.25) is 0 Å². The van der Waals surface area contributed by atoms with Crippen LogP contribution >= 0.6 is 11.8 Å². The first-order chi connectivity index (χ1) is 18.8. The van der Waals surface area contributed by atoms with Gasteiger partial charge in [-0.1, -0.05) is 11.8 Å². The predicted molar refractivity (Wildman–Crippen MR) is 166 cm³/mol. The zero-order chi connectivity index (χ0) is 28.3. The van der Waals surface area contributed by atoms with Crippen molar-refractivity contribution in [2.75, 3.05) is 77.3 Å². The molecule has 0 aromatic heterocycles. The van der Waals surface area contributed by atoms with Crippen LogP contribution in [0.25, 0.3) is 0 Å². The smallest absolute Gasteiger partial charge is 0.381 e. The van der Waals surface area contributed by atoms with Gasteiger partial charge >= 0.3 is 63.2 Å². The van der Waals surface area contributed by atoms with Crippen LogP contribution in [0.5, 0.6) is 0 Å². The van der Waals surface area contributed by atoms with Crippen molar-refractivity contribution in [2.45, 2.75) is 64.2 Å². The van der Waals surface area contributed by atoms with Crippen molar-refractivity contribution >= 4 is 11.8 Å². The summed E-state index contributed by atoms with van der Waals surface area (Å²) < 4.78 is 15.3. The Morgan fingerprint density at radius 2 is 1.12 bits per heavy atom. The van der Waals surface area contributed by atoms with Crippen LogP contribution in [0.2, 0.25) is 0 Å². The maximum absolute atomic E-state index is 5.26. The van der Waals surface area contributed by atoms with Gasteiger partial charge in [-0.2, -0.15) is 42.9 Å². The number of thioether (sulfide) groups is 1. The Balaban J connectivity index is 0.000000492. The number of hydrogen-bond donors (Lipinski definition) is 2. The van der Waals surface area contributed by atoms with E-state index in [1.54, 1.807) is 0 Å². The maximum atomic E-state index is 5.26. The second-order valence-corrected chi connectivity index (χ2v) is 14.5. The third kappa shape index (κ3) is 13.4. The molecule has 0 radical (unpaired) electrons. The van der Waals surface area contributed by atoms with E-state index in [0.29, 0.717) is 21.7 Å². The molecule has 1 atom stereocenters. The summed E-state index contributed by atoms with van der Waals surface area (Å²) in [6.07, 6.45) is 11.7. The van der Waals surface area contributed by atoms with E-state index < -0.39 is 0 Å². The van der Waals surface area contributed by atoms with Crippen molar-refractivity contribution in [3.8, 4) is 0 Å². The van der Waals surface area contributed by atoms with Crippen molar-refractivity contribution in [1.29, 1.82) is 0 Å². The Kier molecular flexibility index (Phi) is 22.4. The van der Waals surface area contributed by atoms with Gasteiger partial charge in [-0.25, -0.2) is 6.42 Å². The van der Waals surface area contributed by atoms with Gasteiger partial charge in [-0.15, -0.1) is 0 Å². The number of nitrogens with one attached hydrogen (secondary N) is 2. The van der Waals surface area contributed by atoms with Crippen molar-refractivity contribution in [3.05, 3.63) is 41.5 Å². The second kappa shape index (κ2) is 21.2. The summed E-state index contributed by atoms with van der Waals surface area (Å²) >= 11 is 2.00. The fourth-order valence-electron chi connectivity index (χ4n) is 5.29. The predicted octanol–water partition coefficient (Wildman–Crippen LogP) is 5.82. The summed E-state index contributed by atoms with van der Waals surface area (Å²) in [6.45, 7) is 33.9. The normalized spacial score (nSPS) is 28.7. The van der Waals surface area contributed by atoms with Gasteiger partial charge in [0.05, 0.1) is 13.2 Å². The molecule has 0 bridgehead atoms. The summed E-state index contributed by atoms with van der Waals surface area (Å²) in [6, 6.07) is 0. The molecule has 0 aromatic carbocycles. The first-order valence-corrected chi connectivity index (χ1v) is 16.4. The first-order valence-electron chi connectivity index (χ1n) is 15.3. The van der Waals surface area contributed by atoms with Crippen LogP contribution in [-0.4, -0.2) is 77.3 Å². The van der Waals surface area contributed by atoms with Crippen LogP contribution in [0.3, 0.4) is 0 Å². The molecule has 1 saturated carbocycles. The van der Waals surface area contributed by atoms with Gasteiger partial charge in [0, 0.05) is 51.5 Å². The molecule has 6 aliphatic heterocycles. The van der Waals surface area contributed by atoms with Crippen LogP contribution < -0.4 is 10.6 Å². The molecule has 0 aromatic rings. The first kappa shape index (κ1) is 44.2. The largest absolute Gasteiger partial charge is 2.00 e. The molecule has 242 valence electrons. The monoisotopic (exact) mass is 1110 g/mol. The fourth-order valence-corrected chi connectivity index (χ4v) is 6.74. The van der Waals surface area contributed by atoms with Gasteiger partial charge in [0.1, 0.15) is 0 Å². The van der Waals surface area contributed by atoms with E-state index in [1.165, 1.54) is 63.4 Å². The minimum Gasteiger partial charge on any atom is -0.381 e. The Labute approximate surface area is 307 Å². The van der Waals surface area contributed by atoms with E-state index in [-0.39, 0.29) is 63.2 Å². The zero-order valence-electron chi connectivity index (χ0n) is 26.2. The fraction of sp³-hybridized carbons (Fsp3) is 0.818. The van der Waals surface area contributed by atoms with Gasteiger partial charge < -0.3 is 66.4 Å². The Bertz CT molecular complexity index is 644.